The molecule has 0 N–H and O–H groups in total. The number of hydrogen-bond donors (Lipinski definition) is 0. The van der Waals surface area contributed by atoms with Crippen molar-refractivity contribution in [3.05, 3.63) is 0 Å². The molecule has 0 fully saturated rings. The molecule has 0 unspecified atom stereocenters. The minimum Gasteiger partial charge on any atom is 2.00 e. The van der Waals surface area contributed by atoms with Gasteiger partial charge in [-0.05, 0) is 0 Å². The molecule has 8 nitrogen and oxygen atoms in total. The first-order chi connectivity index (χ1) is 8.49. The Labute approximate surface area is 126 Å². The molecule has 0 amide bonds. The van der Waals surface area contributed by atoms with E-state index in [-0.39, 0.29) is 16.5 Å². The molecule has 11 heteroatoms. The van der Waals surface area contributed by atoms with Gasteiger partial charge in [0.15, 0.2) is 0 Å². The maximum Gasteiger partial charge on any atom is 2.00 e. The number of hydrogen-bond acceptors (Lipinski definition) is 8. The summed E-state index contributed by atoms with van der Waals surface area (Å²) in [6.45, 7) is 0. The first-order valence-corrected chi connectivity index (χ1v) is 11.7. The van der Waals surface area contributed by atoms with Gasteiger partial charge in [0.05, 0.1) is 0 Å². The average molecular weight is 661 g/mol. The van der Waals surface area contributed by atoms with Crippen molar-refractivity contribution in [2.24, 2.45) is 0 Å². The largest absolute Gasteiger partial charge is 2.00 e. The van der Waals surface area contributed by atoms with Gasteiger partial charge >= 0.3 is 127 Å². The summed E-state index contributed by atoms with van der Waals surface area (Å²) in [5, 5.41) is 65.1. The van der Waals surface area contributed by atoms with Gasteiger partial charge in [-0.2, -0.15) is 0 Å². The van der Waals surface area contributed by atoms with E-state index < -0.39 is 34.3 Å². The van der Waals surface area contributed by atoms with Crippen molar-refractivity contribution in [2.75, 3.05) is 0 Å². The van der Waals surface area contributed by atoms with Crippen LogP contribution in [0.15, 0.2) is 0 Å². The Balaban J connectivity index is -0.000000256. The van der Waals surface area contributed by atoms with Gasteiger partial charge in [0.2, 0.25) is 0 Å². The van der Waals surface area contributed by atoms with Crippen LogP contribution in [-0.4, -0.2) is 0 Å². The van der Waals surface area contributed by atoms with Crippen molar-refractivity contribution in [1.82, 2.24) is 0 Å². The molecule has 0 aliphatic heterocycles. The molecular weight excluding hydrogens is 661 g/mol. The second-order valence-corrected chi connectivity index (χ2v) is 11.8. The molecule has 19 heavy (non-hydrogen) atoms. The maximum atomic E-state index is 8.14. The zero-order valence-corrected chi connectivity index (χ0v) is 13.8. The van der Waals surface area contributed by atoms with E-state index in [0.29, 0.717) is 0 Å². The minimum absolute atomic E-state index is 0. The third-order valence-electron chi connectivity index (χ3n) is 0.809. The standard InChI is InChI=1S/8CN.2Au.Ni/c8*1-2;;;/q;;;;;;;;2*-1;+2. The van der Waals surface area contributed by atoms with Gasteiger partial charge in [0, 0.05) is 0 Å². The van der Waals surface area contributed by atoms with Crippen LogP contribution in [0.5, 0.6) is 0 Å². The summed E-state index contributed by atoms with van der Waals surface area (Å²) in [6, 6.07) is 0. The van der Waals surface area contributed by atoms with Crippen molar-refractivity contribution in [2.45, 2.75) is 0 Å². The Hall–Kier alpha value is -2.11. The molecule has 0 saturated heterocycles. The van der Waals surface area contributed by atoms with E-state index in [2.05, 4.69) is 0 Å². The Kier molecular flexibility index (Phi) is 12.8. The summed E-state index contributed by atoms with van der Waals surface area (Å²) in [5.74, 6) is 0. The van der Waals surface area contributed by atoms with E-state index in [1.807, 2.05) is 0 Å². The Morgan fingerprint density at radius 2 is 0.474 bits per heavy atom. The molecule has 0 radical (unpaired) electrons. The van der Waals surface area contributed by atoms with Crippen LogP contribution in [0, 0.1) is 76.4 Å². The second kappa shape index (κ2) is 11.0. The normalized spacial score (nSPS) is 8.84. The second-order valence-electron chi connectivity index (χ2n) is 1.44. The van der Waals surface area contributed by atoms with Gasteiger partial charge < -0.3 is 0 Å². The Morgan fingerprint density at radius 1 is 0.368 bits per heavy atom. The minimum atomic E-state index is -3.81. The molecule has 0 aliphatic carbocycles. The van der Waals surface area contributed by atoms with Gasteiger partial charge in [-0.25, -0.2) is 0 Å². The zero-order chi connectivity index (χ0) is 14.7. The molecule has 0 heterocycles. The van der Waals surface area contributed by atoms with Gasteiger partial charge in [-0.1, -0.05) is 0 Å². The predicted molar refractivity (Wildman–Crippen MR) is 44.9 cm³/mol. The maximum absolute atomic E-state index is 8.14. The van der Waals surface area contributed by atoms with Crippen molar-refractivity contribution >= 4 is 0 Å². The monoisotopic (exact) mass is 660 g/mol. The topological polar surface area (TPSA) is 190 Å². The molecule has 0 atom stereocenters. The summed E-state index contributed by atoms with van der Waals surface area (Å²) in [6.07, 6.45) is 0. The molecule has 0 aliphatic rings. The molecular formula is C8Au2N8Ni. The SMILES string of the molecule is N#[C][Au-]([C]#N)([C]#N)[C]#N.N#[C][Au-]([C]#N)([C]#N)[C]#N.[Ni+2]. The summed E-state index contributed by atoms with van der Waals surface area (Å²) in [5.41, 5.74) is 0. The van der Waals surface area contributed by atoms with Crippen LogP contribution in [0.3, 0.4) is 0 Å². The van der Waals surface area contributed by atoms with Crippen LogP contribution in [0.25, 0.3) is 0 Å². The Morgan fingerprint density at radius 3 is 0.474 bits per heavy atom. The summed E-state index contributed by atoms with van der Waals surface area (Å²) in [4.78, 5) is 0. The molecule has 104 valence electrons. The first-order valence-electron chi connectivity index (χ1n) is 2.99. The van der Waals surface area contributed by atoms with Crippen LogP contribution in [-0.2, 0) is 50.7 Å². The smallest absolute Gasteiger partial charge is 2.00 e. The van der Waals surface area contributed by atoms with Crippen molar-refractivity contribution in [1.29, 1.82) is 42.1 Å². The van der Waals surface area contributed by atoms with Crippen molar-refractivity contribution < 1.29 is 50.7 Å². The number of rotatable bonds is 0. The molecule has 0 bridgehead atoms. The number of nitriles is 8. The fraction of sp³-hybridized carbons (Fsp3) is 0. The fourth-order valence-corrected chi connectivity index (χ4v) is 1.48. The van der Waals surface area contributed by atoms with Gasteiger partial charge in [-0.15, -0.1) is 0 Å². The molecule has 0 aromatic rings. The molecule has 0 aromatic carbocycles. The van der Waals surface area contributed by atoms with E-state index in [1.54, 1.807) is 0 Å². The third kappa shape index (κ3) is 6.40. The molecule has 0 saturated carbocycles. The van der Waals surface area contributed by atoms with E-state index in [4.69, 9.17) is 42.1 Å². The zero-order valence-electron chi connectivity index (χ0n) is 8.50. The van der Waals surface area contributed by atoms with Gasteiger partial charge in [-0.3, -0.25) is 0 Å². The van der Waals surface area contributed by atoms with Gasteiger partial charge in [0.1, 0.15) is 0 Å². The van der Waals surface area contributed by atoms with E-state index in [0.717, 1.165) is 0 Å². The van der Waals surface area contributed by atoms with Crippen molar-refractivity contribution in [3.8, 4) is 34.3 Å². The predicted octanol–water partition coefficient (Wildman–Crippen LogP) is 0.127. The third-order valence-corrected chi connectivity index (χ3v) is 6.62. The fourth-order valence-electron chi connectivity index (χ4n) is 0.181. The summed E-state index contributed by atoms with van der Waals surface area (Å²) < 4.78 is 11.6. The van der Waals surface area contributed by atoms with E-state index in [9.17, 15) is 0 Å². The molecule has 0 rings (SSSR count). The molecule has 0 spiro atoms. The number of nitrogens with zero attached hydrogens (tertiary/aromatic N) is 8. The van der Waals surface area contributed by atoms with E-state index in [1.165, 1.54) is 34.3 Å². The van der Waals surface area contributed by atoms with Crippen LogP contribution in [0.2, 0.25) is 0 Å². The van der Waals surface area contributed by atoms with Crippen LogP contribution in [0.4, 0.5) is 0 Å². The quantitative estimate of drug-likeness (QED) is 0.328. The first kappa shape index (κ1) is 22.1. The van der Waals surface area contributed by atoms with Crippen molar-refractivity contribution in [3.63, 3.8) is 0 Å². The van der Waals surface area contributed by atoms with Crippen LogP contribution < -0.4 is 0 Å². The molecule has 0 aromatic heterocycles. The summed E-state index contributed by atoms with van der Waals surface area (Å²) in [7, 11) is 0. The Bertz CT molecular complexity index is 476. The van der Waals surface area contributed by atoms with Crippen LogP contribution in [0.1, 0.15) is 0 Å². The summed E-state index contributed by atoms with van der Waals surface area (Å²) >= 11 is -7.62. The average Bonchev–Trinajstić information content (AvgIpc) is 2.46. The van der Waals surface area contributed by atoms with E-state index >= 15 is 0 Å². The van der Waals surface area contributed by atoms with Crippen LogP contribution >= 0.6 is 0 Å². The van der Waals surface area contributed by atoms with Gasteiger partial charge in [0.25, 0.3) is 0 Å².